The van der Waals surface area contributed by atoms with E-state index in [1.54, 1.807) is 30.0 Å². The van der Waals surface area contributed by atoms with Gasteiger partial charge in [0.1, 0.15) is 22.3 Å². The van der Waals surface area contributed by atoms with E-state index in [-0.39, 0.29) is 5.69 Å². The molecule has 9 nitrogen and oxygen atoms in total. The molecule has 0 fully saturated rings. The van der Waals surface area contributed by atoms with Gasteiger partial charge in [-0.25, -0.2) is 4.98 Å². The van der Waals surface area contributed by atoms with Crippen LogP contribution in [-0.2, 0) is 6.18 Å². The zero-order valence-electron chi connectivity index (χ0n) is 20.3. The van der Waals surface area contributed by atoms with E-state index in [0.717, 1.165) is 57.2 Å². The summed E-state index contributed by atoms with van der Waals surface area (Å²) < 4.78 is 39.3. The summed E-state index contributed by atoms with van der Waals surface area (Å²) in [7, 11) is 0. The van der Waals surface area contributed by atoms with Gasteiger partial charge in [-0.05, 0) is 48.4 Å². The third-order valence-corrected chi connectivity index (χ3v) is 6.89. The Hall–Kier alpha value is -4.65. The molecular formula is C26H19F3N8OS. The second-order valence-corrected chi connectivity index (χ2v) is 9.68. The summed E-state index contributed by atoms with van der Waals surface area (Å²) in [5.74, 6) is 1.18. The molecule has 39 heavy (non-hydrogen) atoms. The van der Waals surface area contributed by atoms with Crippen molar-refractivity contribution in [3.63, 3.8) is 0 Å². The Bertz CT molecular complexity index is 1650. The van der Waals surface area contributed by atoms with Gasteiger partial charge in [-0.3, -0.25) is 19.8 Å². The number of amides is 1. The Morgan fingerprint density at radius 3 is 2.79 bits per heavy atom. The molecule has 1 amide bonds. The molecule has 5 heterocycles. The minimum atomic E-state index is -4.58. The standard InChI is InChI=1S/C26H19F3N8OS/c1-14-2-3-17(34-24(38)20-9-16(4-5-31-20)26(27,28)29)10-18(14)19-8-15-11-33-25(35-21-12-30-13-39-21)36-22(15)37-7-6-32-23(19)37/h2-5,8-13H,6-7H2,1H3,(H,34,38)(H,33,35,36). The highest BCUT2D eigenvalue weighted by atomic mass is 32.1. The van der Waals surface area contributed by atoms with Gasteiger partial charge in [0.15, 0.2) is 0 Å². The fourth-order valence-corrected chi connectivity index (χ4v) is 4.87. The summed E-state index contributed by atoms with van der Waals surface area (Å²) in [6, 6.07) is 6.85. The van der Waals surface area contributed by atoms with Crippen LogP contribution in [0.4, 0.5) is 35.6 Å². The Kier molecular flexibility index (Phi) is 6.06. The van der Waals surface area contributed by atoms with Crippen LogP contribution in [0.15, 0.2) is 59.4 Å². The van der Waals surface area contributed by atoms with Crippen LogP contribution in [0.3, 0.4) is 0 Å². The molecular weight excluding hydrogens is 529 g/mol. The van der Waals surface area contributed by atoms with Gasteiger partial charge in [-0.1, -0.05) is 6.07 Å². The lowest BCUT2D eigenvalue weighted by Gasteiger charge is -2.28. The molecule has 0 saturated carbocycles. The van der Waals surface area contributed by atoms with E-state index in [2.05, 4.69) is 25.6 Å². The molecule has 2 aliphatic rings. The van der Waals surface area contributed by atoms with Crippen LogP contribution in [0.25, 0.3) is 11.6 Å². The van der Waals surface area contributed by atoms with Crippen LogP contribution in [0, 0.1) is 6.92 Å². The highest BCUT2D eigenvalue weighted by Crippen LogP contribution is 2.37. The van der Waals surface area contributed by atoms with Crippen LogP contribution < -0.4 is 15.5 Å². The number of rotatable bonds is 5. The Morgan fingerprint density at radius 2 is 2.00 bits per heavy atom. The summed E-state index contributed by atoms with van der Waals surface area (Å²) in [4.78, 5) is 36.5. The monoisotopic (exact) mass is 548 g/mol. The first kappa shape index (κ1) is 24.7. The third-order valence-electron chi connectivity index (χ3n) is 6.21. The van der Waals surface area contributed by atoms with E-state index in [9.17, 15) is 18.0 Å². The average molecular weight is 549 g/mol. The quantitative estimate of drug-likeness (QED) is 0.343. The number of halogens is 3. The summed E-state index contributed by atoms with van der Waals surface area (Å²) in [6.45, 7) is 3.17. The van der Waals surface area contributed by atoms with Crippen molar-refractivity contribution in [1.29, 1.82) is 0 Å². The number of pyridine rings is 1. The lowest BCUT2D eigenvalue weighted by molar-refractivity contribution is -0.137. The first-order valence-electron chi connectivity index (χ1n) is 11.8. The zero-order chi connectivity index (χ0) is 27.1. The molecule has 0 radical (unpaired) electrons. The van der Waals surface area contributed by atoms with E-state index >= 15 is 0 Å². The molecule has 0 unspecified atom stereocenters. The van der Waals surface area contributed by atoms with Crippen molar-refractivity contribution in [2.45, 2.75) is 13.1 Å². The molecule has 0 bridgehead atoms. The summed E-state index contributed by atoms with van der Waals surface area (Å²) in [5, 5.41) is 6.65. The van der Waals surface area contributed by atoms with Gasteiger partial charge in [-0.2, -0.15) is 18.2 Å². The number of alkyl halides is 3. The molecule has 0 atom stereocenters. The van der Waals surface area contributed by atoms with Gasteiger partial charge in [0.25, 0.3) is 5.91 Å². The molecule has 6 rings (SSSR count). The van der Waals surface area contributed by atoms with Crippen molar-refractivity contribution in [2.75, 3.05) is 28.6 Å². The lowest BCUT2D eigenvalue weighted by Crippen LogP contribution is -2.32. The molecule has 196 valence electrons. The number of benzene rings is 1. The van der Waals surface area contributed by atoms with E-state index in [1.165, 1.54) is 11.3 Å². The van der Waals surface area contributed by atoms with Crippen molar-refractivity contribution >= 4 is 57.2 Å². The maximum atomic E-state index is 13.1. The van der Waals surface area contributed by atoms with Crippen LogP contribution in [0.2, 0.25) is 0 Å². The number of hydrogen-bond donors (Lipinski definition) is 2. The van der Waals surface area contributed by atoms with Crippen molar-refractivity contribution < 1.29 is 18.0 Å². The van der Waals surface area contributed by atoms with Crippen LogP contribution in [0.5, 0.6) is 0 Å². The topological polar surface area (TPSA) is 108 Å². The van der Waals surface area contributed by atoms with Gasteiger partial charge in [0, 0.05) is 35.8 Å². The largest absolute Gasteiger partial charge is 0.416 e. The molecule has 0 aliphatic carbocycles. The van der Waals surface area contributed by atoms with E-state index in [1.807, 2.05) is 24.0 Å². The second-order valence-electron chi connectivity index (χ2n) is 8.79. The number of nitrogens with zero attached hydrogens (tertiary/aromatic N) is 6. The molecule has 4 aromatic rings. The predicted octanol–water partition coefficient (Wildman–Crippen LogP) is 5.42. The average Bonchev–Trinajstić information content (AvgIpc) is 3.62. The maximum absolute atomic E-state index is 13.1. The summed E-state index contributed by atoms with van der Waals surface area (Å²) in [5.41, 5.74) is 4.24. The normalized spacial score (nSPS) is 14.3. The maximum Gasteiger partial charge on any atom is 0.416 e. The van der Waals surface area contributed by atoms with Crippen molar-refractivity contribution in [1.82, 2.24) is 19.9 Å². The number of aromatic nitrogens is 4. The number of hydrogen-bond acceptors (Lipinski definition) is 9. The number of thiazole rings is 1. The number of fused-ring (bicyclic) bond motifs is 3. The molecule has 2 aliphatic heterocycles. The molecule has 1 aromatic carbocycles. The summed E-state index contributed by atoms with van der Waals surface area (Å²) >= 11 is 1.44. The number of amidine groups is 1. The zero-order valence-corrected chi connectivity index (χ0v) is 21.1. The second kappa shape index (κ2) is 9.58. The smallest absolute Gasteiger partial charge is 0.321 e. The lowest BCUT2D eigenvalue weighted by atomic mass is 9.94. The first-order chi connectivity index (χ1) is 18.8. The van der Waals surface area contributed by atoms with E-state index in [0.29, 0.717) is 24.7 Å². The van der Waals surface area contributed by atoms with Crippen molar-refractivity contribution in [3.05, 3.63) is 82.4 Å². The highest BCUT2D eigenvalue weighted by Gasteiger charge is 2.32. The van der Waals surface area contributed by atoms with Gasteiger partial charge in [-0.15, -0.1) is 11.3 Å². The molecule has 3 aromatic heterocycles. The number of carbonyl (C=O) groups is 1. The fraction of sp³-hybridized carbons (Fsp3) is 0.154. The van der Waals surface area contributed by atoms with Gasteiger partial charge < -0.3 is 15.5 Å². The number of aryl methyl sites for hydroxylation is 1. The van der Waals surface area contributed by atoms with Gasteiger partial charge in [0.05, 0.1) is 23.8 Å². The minimum absolute atomic E-state index is 0.330. The van der Waals surface area contributed by atoms with Gasteiger partial charge in [0.2, 0.25) is 5.95 Å². The number of nitrogens with one attached hydrogen (secondary N) is 2. The predicted molar refractivity (Wildman–Crippen MR) is 143 cm³/mol. The SMILES string of the molecule is Cc1ccc(NC(=O)c2cc(C(F)(F)F)ccn2)cc1C1=Cc2cnc(Nc3cncs3)nc2N2CCN=C12. The molecule has 13 heteroatoms. The Balaban J connectivity index is 1.31. The highest BCUT2D eigenvalue weighted by molar-refractivity contribution is 7.13. The van der Waals surface area contributed by atoms with Crippen LogP contribution in [-0.4, -0.2) is 44.8 Å². The van der Waals surface area contributed by atoms with Gasteiger partial charge >= 0.3 is 6.18 Å². The molecule has 0 saturated heterocycles. The molecule has 2 N–H and O–H groups in total. The van der Waals surface area contributed by atoms with Crippen LogP contribution >= 0.6 is 11.3 Å². The number of aliphatic imine (C=N–C) groups is 1. The van der Waals surface area contributed by atoms with E-state index in [4.69, 9.17) is 9.98 Å². The number of carbonyl (C=O) groups excluding carboxylic acids is 1. The Morgan fingerprint density at radius 1 is 1.13 bits per heavy atom. The third kappa shape index (κ3) is 4.83. The number of anilines is 4. The Labute approximate surface area is 224 Å². The van der Waals surface area contributed by atoms with Crippen LogP contribution in [0.1, 0.15) is 32.7 Å². The minimum Gasteiger partial charge on any atom is -0.321 e. The van der Waals surface area contributed by atoms with Crippen molar-refractivity contribution in [2.24, 2.45) is 4.99 Å². The van der Waals surface area contributed by atoms with E-state index < -0.39 is 17.6 Å². The fourth-order valence-electron chi connectivity index (χ4n) is 4.37. The first-order valence-corrected chi connectivity index (χ1v) is 12.7. The molecule has 0 spiro atoms. The summed E-state index contributed by atoms with van der Waals surface area (Å²) in [6.07, 6.45) is 1.78. The van der Waals surface area contributed by atoms with Crippen molar-refractivity contribution in [3.8, 4) is 0 Å².